The topological polar surface area (TPSA) is 340 Å². The summed E-state index contributed by atoms with van der Waals surface area (Å²) in [5.41, 5.74) is 27.1. The molecular formula is C54H67N13O7. The van der Waals surface area contributed by atoms with E-state index in [9.17, 15) is 33.6 Å². The molecule has 390 valence electrons. The van der Waals surface area contributed by atoms with Crippen molar-refractivity contribution >= 4 is 69.1 Å². The van der Waals surface area contributed by atoms with Gasteiger partial charge >= 0.3 is 0 Å². The van der Waals surface area contributed by atoms with Gasteiger partial charge in [0.25, 0.3) is 0 Å². The number of amides is 7. The molecule has 20 heteroatoms. The summed E-state index contributed by atoms with van der Waals surface area (Å²) in [6.07, 6.45) is 5.08. The fourth-order valence-corrected chi connectivity index (χ4v) is 8.73. The minimum Gasteiger partial charge on any atom is -0.370 e. The Hall–Kier alpha value is -8.52. The number of para-hydroxylation sites is 2. The van der Waals surface area contributed by atoms with Crippen LogP contribution in [0, 0.1) is 0 Å². The first-order valence-corrected chi connectivity index (χ1v) is 24.7. The number of hydrogen-bond donors (Lipinski definition) is 12. The number of carbonyl (C=O) groups is 7. The quantitative estimate of drug-likeness (QED) is 0.0191. The van der Waals surface area contributed by atoms with E-state index >= 15 is 0 Å². The number of aromatic amines is 2. The van der Waals surface area contributed by atoms with Gasteiger partial charge in [0.2, 0.25) is 41.4 Å². The number of nitrogens with zero attached hydrogens (tertiary/aromatic N) is 1. The zero-order valence-corrected chi connectivity index (χ0v) is 41.4. The van der Waals surface area contributed by atoms with Crippen LogP contribution in [0.4, 0.5) is 0 Å². The summed E-state index contributed by atoms with van der Waals surface area (Å²) in [4.78, 5) is 108. The summed E-state index contributed by atoms with van der Waals surface area (Å²) in [5, 5.41) is 18.5. The van der Waals surface area contributed by atoms with E-state index in [0.717, 1.165) is 27.4 Å². The lowest BCUT2D eigenvalue weighted by Gasteiger charge is -2.28. The number of H-pyrrole nitrogens is 2. The Morgan fingerprint density at radius 1 is 0.473 bits per heavy atom. The Kier molecular flexibility index (Phi) is 20.3. The first-order valence-electron chi connectivity index (χ1n) is 24.7. The first kappa shape index (κ1) is 54.8. The number of hydrogen-bond acceptors (Lipinski definition) is 9. The van der Waals surface area contributed by atoms with Gasteiger partial charge in [-0.25, -0.2) is 0 Å². The highest BCUT2D eigenvalue weighted by Crippen LogP contribution is 2.21. The van der Waals surface area contributed by atoms with E-state index in [0.29, 0.717) is 42.5 Å². The molecule has 2 heterocycles. The van der Waals surface area contributed by atoms with Crippen molar-refractivity contribution in [1.29, 1.82) is 0 Å². The second-order valence-electron chi connectivity index (χ2n) is 18.2. The number of unbranched alkanes of at least 4 members (excludes halogenated alkanes) is 1. The van der Waals surface area contributed by atoms with Crippen LogP contribution in [0.5, 0.6) is 0 Å². The Morgan fingerprint density at radius 2 is 0.865 bits per heavy atom. The van der Waals surface area contributed by atoms with Gasteiger partial charge < -0.3 is 64.8 Å². The standard InChI is InChI=1S/C54H67N13O7/c1-33(68)62-42(24-14-26-59-54(57)58)49(70)63-43(23-12-13-25-55)50(71)67-47(30-37-32-61-41-22-11-9-20-39(37)41)53(74)66-46(28-35-17-6-3-7-18-35)52(73)65-45(27-34-15-4-2-5-16-34)51(72)64-44(48(56)69)29-36-31-60-40-21-10-8-19-38(36)40/h2-11,15-22,31-32,42-47,60-61H,12-14,23-30,55H2,1H3,(H2,56,69)(H,62,68)(H,63,70)(H,64,72)(H,65,73)(H,66,74)(H,67,71)(H4,57,58,59)/t42-,43-,44-,45-,46-,47-/m0/s1. The van der Waals surface area contributed by atoms with Crippen LogP contribution in [0.1, 0.15) is 61.3 Å². The smallest absolute Gasteiger partial charge is 0.243 e. The van der Waals surface area contributed by atoms with E-state index in [4.69, 9.17) is 22.9 Å². The van der Waals surface area contributed by atoms with Crippen molar-refractivity contribution in [2.75, 3.05) is 13.1 Å². The number of nitrogens with two attached hydrogens (primary N) is 4. The molecule has 2 aromatic heterocycles. The van der Waals surface area contributed by atoms with Crippen LogP contribution in [0.3, 0.4) is 0 Å². The fraction of sp³-hybridized carbons (Fsp3) is 0.333. The van der Waals surface area contributed by atoms with Crippen molar-refractivity contribution in [2.45, 2.75) is 101 Å². The Balaban J connectivity index is 1.28. The molecule has 16 N–H and O–H groups in total. The number of carbonyl (C=O) groups excluding carboxylic acids is 7. The van der Waals surface area contributed by atoms with Gasteiger partial charge in [0.05, 0.1) is 0 Å². The van der Waals surface area contributed by atoms with Gasteiger partial charge in [-0.2, -0.15) is 0 Å². The minimum atomic E-state index is -1.32. The van der Waals surface area contributed by atoms with Gasteiger partial charge in [-0.3, -0.25) is 38.6 Å². The molecular weight excluding hydrogens is 943 g/mol. The molecule has 0 radical (unpaired) electrons. The van der Waals surface area contributed by atoms with Crippen molar-refractivity contribution in [3.05, 3.63) is 144 Å². The number of primary amides is 1. The number of benzene rings is 4. The van der Waals surface area contributed by atoms with Gasteiger partial charge in [-0.15, -0.1) is 0 Å². The van der Waals surface area contributed by atoms with Crippen molar-refractivity contribution in [2.24, 2.45) is 27.9 Å². The number of aromatic nitrogens is 2. The average Bonchev–Trinajstić information content (AvgIpc) is 4.00. The van der Waals surface area contributed by atoms with E-state index in [1.54, 1.807) is 60.9 Å². The van der Waals surface area contributed by atoms with Crippen LogP contribution < -0.4 is 54.8 Å². The van der Waals surface area contributed by atoms with E-state index in [1.807, 2.05) is 60.7 Å². The Labute approximate surface area is 429 Å². The molecule has 0 unspecified atom stereocenters. The highest BCUT2D eigenvalue weighted by molar-refractivity contribution is 5.98. The van der Waals surface area contributed by atoms with Crippen molar-refractivity contribution < 1.29 is 33.6 Å². The molecule has 0 saturated carbocycles. The van der Waals surface area contributed by atoms with Gasteiger partial charge in [-0.1, -0.05) is 97.1 Å². The lowest BCUT2D eigenvalue weighted by Crippen LogP contribution is -2.60. The third-order valence-electron chi connectivity index (χ3n) is 12.5. The molecule has 0 spiro atoms. The summed E-state index contributed by atoms with van der Waals surface area (Å²) >= 11 is 0. The number of fused-ring (bicyclic) bond motifs is 2. The fourth-order valence-electron chi connectivity index (χ4n) is 8.73. The van der Waals surface area contributed by atoms with Crippen molar-refractivity contribution in [3.63, 3.8) is 0 Å². The molecule has 0 bridgehead atoms. The third kappa shape index (κ3) is 16.3. The maximum atomic E-state index is 14.9. The molecule has 0 aliphatic heterocycles. The molecule has 6 rings (SSSR count). The number of guanidine groups is 1. The Bertz CT molecular complexity index is 2880. The van der Waals surface area contributed by atoms with Gasteiger partial charge in [0.1, 0.15) is 36.3 Å². The normalized spacial score (nSPS) is 13.5. The van der Waals surface area contributed by atoms with Gasteiger partial charge in [0, 0.05) is 73.4 Å². The predicted molar refractivity (Wildman–Crippen MR) is 284 cm³/mol. The second-order valence-corrected chi connectivity index (χ2v) is 18.2. The Morgan fingerprint density at radius 3 is 1.32 bits per heavy atom. The minimum absolute atomic E-state index is 0.0125. The molecule has 0 aliphatic rings. The van der Waals surface area contributed by atoms with Crippen LogP contribution in [0.2, 0.25) is 0 Å². The second kappa shape index (κ2) is 27.3. The summed E-state index contributed by atoms with van der Waals surface area (Å²) < 4.78 is 0. The summed E-state index contributed by atoms with van der Waals surface area (Å²) in [7, 11) is 0. The number of rotatable bonds is 28. The molecule has 20 nitrogen and oxygen atoms in total. The maximum Gasteiger partial charge on any atom is 0.243 e. The molecule has 6 aromatic rings. The molecule has 7 amide bonds. The summed E-state index contributed by atoms with van der Waals surface area (Å²) in [6, 6.07) is 25.7. The van der Waals surface area contributed by atoms with E-state index in [1.165, 1.54) is 6.92 Å². The highest BCUT2D eigenvalue weighted by Gasteiger charge is 2.34. The van der Waals surface area contributed by atoms with E-state index in [2.05, 4.69) is 46.9 Å². The van der Waals surface area contributed by atoms with Crippen LogP contribution in [0.15, 0.2) is 127 Å². The molecule has 0 fully saturated rings. The first-order chi connectivity index (χ1) is 35.7. The van der Waals surface area contributed by atoms with Crippen molar-refractivity contribution in [1.82, 2.24) is 41.9 Å². The zero-order valence-electron chi connectivity index (χ0n) is 41.4. The van der Waals surface area contributed by atoms with Crippen LogP contribution in [-0.2, 0) is 59.2 Å². The molecule has 4 aromatic carbocycles. The van der Waals surface area contributed by atoms with E-state index < -0.39 is 77.6 Å². The van der Waals surface area contributed by atoms with Crippen LogP contribution in [-0.4, -0.2) is 107 Å². The van der Waals surface area contributed by atoms with Crippen molar-refractivity contribution in [3.8, 4) is 0 Å². The number of aliphatic imine (C=N–C) groups is 1. The SMILES string of the molecule is CC(=O)N[C@@H](CCCN=C(N)N)C(=O)N[C@@H](CCCCN)C(=O)N[C@@H](Cc1c[nH]c2ccccc12)C(=O)N[C@@H](Cc1ccccc1)C(=O)N[C@@H](Cc1ccccc1)C(=O)N[C@@H](Cc1c[nH]c2ccccc12)C(N)=O. The molecule has 0 aliphatic carbocycles. The third-order valence-corrected chi connectivity index (χ3v) is 12.5. The number of nitrogens with one attached hydrogen (secondary N) is 8. The average molecular weight is 1010 g/mol. The predicted octanol–water partition coefficient (Wildman–Crippen LogP) is 1.52. The largest absolute Gasteiger partial charge is 0.370 e. The molecule has 6 atom stereocenters. The molecule has 74 heavy (non-hydrogen) atoms. The lowest BCUT2D eigenvalue weighted by molar-refractivity contribution is -0.135. The molecule has 0 saturated heterocycles. The van der Waals surface area contributed by atoms with Crippen LogP contribution >= 0.6 is 0 Å². The lowest BCUT2D eigenvalue weighted by atomic mass is 9.99. The monoisotopic (exact) mass is 1010 g/mol. The van der Waals surface area contributed by atoms with Gasteiger partial charge in [0.15, 0.2) is 5.96 Å². The zero-order chi connectivity index (χ0) is 53.0. The van der Waals surface area contributed by atoms with Crippen LogP contribution in [0.25, 0.3) is 21.8 Å². The summed E-state index contributed by atoms with van der Waals surface area (Å²) in [5.74, 6) is -4.84. The van der Waals surface area contributed by atoms with Gasteiger partial charge in [-0.05, 0) is 73.0 Å². The maximum absolute atomic E-state index is 14.9. The summed E-state index contributed by atoms with van der Waals surface area (Å²) in [6.45, 7) is 1.79. The highest BCUT2D eigenvalue weighted by atomic mass is 16.2. The van der Waals surface area contributed by atoms with E-state index in [-0.39, 0.29) is 51.0 Å².